The van der Waals surface area contributed by atoms with Gasteiger partial charge < -0.3 is 15.0 Å². The first kappa shape index (κ1) is 20.0. The molecule has 8 heteroatoms. The number of imidazole rings is 1. The van der Waals surface area contributed by atoms with Crippen molar-refractivity contribution in [3.63, 3.8) is 0 Å². The van der Waals surface area contributed by atoms with Crippen molar-refractivity contribution >= 4 is 35.0 Å². The fraction of sp³-hybridized carbons (Fsp3) is 0.227. The van der Waals surface area contributed by atoms with Gasteiger partial charge in [0.05, 0.1) is 29.9 Å². The number of thioether (sulfide) groups is 1. The van der Waals surface area contributed by atoms with Gasteiger partial charge in [0.15, 0.2) is 5.16 Å². The molecule has 0 unspecified atom stereocenters. The number of para-hydroxylation sites is 2. The van der Waals surface area contributed by atoms with Gasteiger partial charge in [0.25, 0.3) is 0 Å². The molecule has 2 heterocycles. The highest BCUT2D eigenvalue weighted by molar-refractivity contribution is 7.99. The average molecular weight is 423 g/mol. The van der Waals surface area contributed by atoms with Gasteiger partial charge in [0, 0.05) is 31.4 Å². The molecule has 2 amide bonds. The first-order valence-corrected chi connectivity index (χ1v) is 10.6. The predicted octanol–water partition coefficient (Wildman–Crippen LogP) is 3.74. The Bertz CT molecular complexity index is 1070. The number of anilines is 2. The van der Waals surface area contributed by atoms with E-state index in [4.69, 9.17) is 4.74 Å². The summed E-state index contributed by atoms with van der Waals surface area (Å²) in [5, 5.41) is 3.65. The van der Waals surface area contributed by atoms with Crippen molar-refractivity contribution in [3.8, 4) is 11.4 Å². The Kier molecular flexibility index (Phi) is 6.04. The standard InChI is InChI=1S/C22H22N4O3S/c1-29-17-7-4-6-16(14-17)25-13-11-23-22(25)30-15-20(27)24-18-8-2-3-9-19(18)26-12-5-10-21(26)28/h2-4,6-9,11,13-14H,5,10,12,15H2,1H3,(H,24,27). The minimum absolute atomic E-state index is 0.0893. The number of amides is 2. The first-order valence-electron chi connectivity index (χ1n) is 9.65. The number of nitrogens with zero attached hydrogens (tertiary/aromatic N) is 3. The zero-order valence-corrected chi connectivity index (χ0v) is 17.4. The predicted molar refractivity (Wildman–Crippen MR) is 117 cm³/mol. The van der Waals surface area contributed by atoms with E-state index in [2.05, 4.69) is 10.3 Å². The van der Waals surface area contributed by atoms with E-state index in [0.29, 0.717) is 23.8 Å². The molecule has 0 aliphatic carbocycles. The lowest BCUT2D eigenvalue weighted by molar-refractivity contribution is -0.117. The van der Waals surface area contributed by atoms with Gasteiger partial charge in [-0.1, -0.05) is 30.0 Å². The lowest BCUT2D eigenvalue weighted by atomic mass is 10.2. The lowest BCUT2D eigenvalue weighted by Crippen LogP contribution is -2.26. The number of hydrogen-bond acceptors (Lipinski definition) is 5. The molecule has 1 fully saturated rings. The highest BCUT2D eigenvalue weighted by Gasteiger charge is 2.24. The molecule has 2 aromatic carbocycles. The third kappa shape index (κ3) is 4.33. The van der Waals surface area contributed by atoms with Crippen LogP contribution in [-0.4, -0.2) is 40.8 Å². The van der Waals surface area contributed by atoms with Crippen LogP contribution in [0.25, 0.3) is 5.69 Å². The summed E-state index contributed by atoms with van der Waals surface area (Å²) < 4.78 is 7.20. The number of methoxy groups -OCH3 is 1. The number of rotatable bonds is 7. The second-order valence-electron chi connectivity index (χ2n) is 6.78. The average Bonchev–Trinajstić information content (AvgIpc) is 3.41. The molecular formula is C22H22N4O3S. The molecule has 1 aromatic heterocycles. The Labute approximate surface area is 179 Å². The Hall–Kier alpha value is -3.26. The SMILES string of the molecule is COc1cccc(-n2ccnc2SCC(=O)Nc2ccccc2N2CCCC2=O)c1. The maximum atomic E-state index is 12.6. The smallest absolute Gasteiger partial charge is 0.234 e. The molecule has 1 saturated heterocycles. The normalized spacial score (nSPS) is 13.5. The minimum atomic E-state index is -0.153. The Morgan fingerprint density at radius 3 is 2.90 bits per heavy atom. The van der Waals surface area contributed by atoms with Crippen molar-refractivity contribution in [1.82, 2.24) is 9.55 Å². The molecule has 1 aliphatic heterocycles. The van der Waals surface area contributed by atoms with Crippen LogP contribution in [0, 0.1) is 0 Å². The topological polar surface area (TPSA) is 76.5 Å². The maximum Gasteiger partial charge on any atom is 0.234 e. The second kappa shape index (κ2) is 9.04. The number of ether oxygens (including phenoxy) is 1. The van der Waals surface area contributed by atoms with Crippen LogP contribution in [0.1, 0.15) is 12.8 Å². The van der Waals surface area contributed by atoms with Crippen LogP contribution in [0.15, 0.2) is 66.1 Å². The summed E-state index contributed by atoms with van der Waals surface area (Å²) in [4.78, 5) is 30.8. The van der Waals surface area contributed by atoms with Crippen LogP contribution in [0.2, 0.25) is 0 Å². The van der Waals surface area contributed by atoms with Crippen LogP contribution in [0.3, 0.4) is 0 Å². The number of aromatic nitrogens is 2. The molecule has 1 aliphatic rings. The number of hydrogen-bond donors (Lipinski definition) is 1. The highest BCUT2D eigenvalue weighted by atomic mass is 32.2. The van der Waals surface area contributed by atoms with Crippen LogP contribution < -0.4 is 15.0 Å². The molecule has 0 atom stereocenters. The number of benzene rings is 2. The van der Waals surface area contributed by atoms with Gasteiger partial charge in [-0.15, -0.1) is 0 Å². The molecule has 0 radical (unpaired) electrons. The lowest BCUT2D eigenvalue weighted by Gasteiger charge is -2.19. The first-order chi connectivity index (χ1) is 14.7. The highest BCUT2D eigenvalue weighted by Crippen LogP contribution is 2.30. The molecule has 7 nitrogen and oxygen atoms in total. The zero-order chi connectivity index (χ0) is 20.9. The molecule has 3 aromatic rings. The molecule has 1 N–H and O–H groups in total. The van der Waals surface area contributed by atoms with Crippen molar-refractivity contribution in [2.24, 2.45) is 0 Å². The Morgan fingerprint density at radius 2 is 2.10 bits per heavy atom. The van der Waals surface area contributed by atoms with E-state index in [-0.39, 0.29) is 17.6 Å². The van der Waals surface area contributed by atoms with E-state index in [1.165, 1.54) is 11.8 Å². The number of nitrogens with one attached hydrogen (secondary N) is 1. The minimum Gasteiger partial charge on any atom is -0.497 e. The summed E-state index contributed by atoms with van der Waals surface area (Å²) in [5.74, 6) is 0.886. The molecular weight excluding hydrogens is 400 g/mol. The van der Waals surface area contributed by atoms with Crippen LogP contribution in [0.4, 0.5) is 11.4 Å². The van der Waals surface area contributed by atoms with Crippen molar-refractivity contribution < 1.29 is 14.3 Å². The van der Waals surface area contributed by atoms with Crippen molar-refractivity contribution in [2.45, 2.75) is 18.0 Å². The van der Waals surface area contributed by atoms with E-state index < -0.39 is 0 Å². The summed E-state index contributed by atoms with van der Waals surface area (Å²) >= 11 is 1.35. The fourth-order valence-electron chi connectivity index (χ4n) is 3.39. The van der Waals surface area contributed by atoms with E-state index in [9.17, 15) is 9.59 Å². The van der Waals surface area contributed by atoms with Gasteiger partial charge in [-0.25, -0.2) is 4.98 Å². The summed E-state index contributed by atoms with van der Waals surface area (Å²) in [6.45, 7) is 0.679. The fourth-order valence-corrected chi connectivity index (χ4v) is 4.16. The summed E-state index contributed by atoms with van der Waals surface area (Å²) in [7, 11) is 1.63. The van der Waals surface area contributed by atoms with Gasteiger partial charge >= 0.3 is 0 Å². The Balaban J connectivity index is 1.44. The van der Waals surface area contributed by atoms with Crippen LogP contribution in [-0.2, 0) is 9.59 Å². The Morgan fingerprint density at radius 1 is 1.23 bits per heavy atom. The number of carbonyl (C=O) groups excluding carboxylic acids is 2. The maximum absolute atomic E-state index is 12.6. The monoisotopic (exact) mass is 422 g/mol. The van der Waals surface area contributed by atoms with E-state index in [1.807, 2.05) is 59.3 Å². The van der Waals surface area contributed by atoms with E-state index in [0.717, 1.165) is 23.5 Å². The van der Waals surface area contributed by atoms with Crippen molar-refractivity contribution in [3.05, 3.63) is 60.9 Å². The summed E-state index contributed by atoms with van der Waals surface area (Å²) in [6.07, 6.45) is 4.94. The van der Waals surface area contributed by atoms with Crippen molar-refractivity contribution in [1.29, 1.82) is 0 Å². The quantitative estimate of drug-likeness (QED) is 0.587. The third-order valence-corrected chi connectivity index (χ3v) is 5.78. The molecule has 4 rings (SSSR count). The third-order valence-electron chi connectivity index (χ3n) is 4.81. The molecule has 0 spiro atoms. The molecule has 0 bridgehead atoms. The van der Waals surface area contributed by atoms with Gasteiger partial charge in [-0.05, 0) is 30.7 Å². The van der Waals surface area contributed by atoms with Gasteiger partial charge in [-0.2, -0.15) is 0 Å². The molecule has 0 saturated carbocycles. The van der Waals surface area contributed by atoms with Crippen molar-refractivity contribution in [2.75, 3.05) is 29.6 Å². The molecule has 154 valence electrons. The summed E-state index contributed by atoms with van der Waals surface area (Å²) in [6, 6.07) is 15.1. The zero-order valence-electron chi connectivity index (χ0n) is 16.6. The summed E-state index contributed by atoms with van der Waals surface area (Å²) in [5.41, 5.74) is 2.30. The van der Waals surface area contributed by atoms with E-state index >= 15 is 0 Å². The van der Waals surface area contributed by atoms with Gasteiger partial charge in [-0.3, -0.25) is 14.2 Å². The van der Waals surface area contributed by atoms with Crippen LogP contribution in [0.5, 0.6) is 5.75 Å². The van der Waals surface area contributed by atoms with E-state index in [1.54, 1.807) is 18.2 Å². The largest absolute Gasteiger partial charge is 0.497 e. The van der Waals surface area contributed by atoms with Crippen LogP contribution >= 0.6 is 11.8 Å². The van der Waals surface area contributed by atoms with Gasteiger partial charge in [0.2, 0.25) is 11.8 Å². The molecule has 30 heavy (non-hydrogen) atoms. The van der Waals surface area contributed by atoms with Gasteiger partial charge in [0.1, 0.15) is 5.75 Å². The second-order valence-corrected chi connectivity index (χ2v) is 7.73. The number of carbonyl (C=O) groups is 2.